The molecule has 0 radical (unpaired) electrons. The fourth-order valence-electron chi connectivity index (χ4n) is 3.73. The van der Waals surface area contributed by atoms with E-state index >= 15 is 0 Å². The molecule has 140 valence electrons. The molecule has 2 aromatic heterocycles. The normalized spacial score (nSPS) is 20.5. The number of rotatable bonds is 4. The van der Waals surface area contributed by atoms with Crippen LogP contribution in [0.15, 0.2) is 23.0 Å². The monoisotopic (exact) mass is 358 g/mol. The minimum absolute atomic E-state index is 0.479. The Bertz CT molecular complexity index is 720. The summed E-state index contributed by atoms with van der Waals surface area (Å²) in [6, 6.07) is 2.53. The molecule has 0 atom stereocenters. The third-order valence-electron chi connectivity index (χ3n) is 5.41. The van der Waals surface area contributed by atoms with Crippen LogP contribution in [0.3, 0.4) is 0 Å². The molecule has 0 spiro atoms. The van der Waals surface area contributed by atoms with Gasteiger partial charge in [0.05, 0.1) is 18.9 Å². The molecule has 2 fully saturated rings. The molecule has 0 aromatic carbocycles. The Labute approximate surface area is 153 Å². The van der Waals surface area contributed by atoms with E-state index in [9.17, 15) is 0 Å². The van der Waals surface area contributed by atoms with E-state index in [0.717, 1.165) is 31.5 Å². The third-order valence-corrected chi connectivity index (χ3v) is 5.41. The van der Waals surface area contributed by atoms with Gasteiger partial charge in [-0.3, -0.25) is 9.88 Å². The molecule has 0 amide bonds. The summed E-state index contributed by atoms with van der Waals surface area (Å²) >= 11 is 0. The van der Waals surface area contributed by atoms with Crippen LogP contribution in [0.2, 0.25) is 0 Å². The van der Waals surface area contributed by atoms with Crippen molar-refractivity contribution in [3.63, 3.8) is 0 Å². The maximum Gasteiger partial charge on any atom is 0.266 e. The minimum atomic E-state index is 0.479. The Kier molecular flexibility index (Phi) is 5.03. The van der Waals surface area contributed by atoms with Gasteiger partial charge in [0.15, 0.2) is 0 Å². The van der Waals surface area contributed by atoms with Crippen molar-refractivity contribution in [2.75, 3.05) is 58.3 Å². The molecule has 0 aliphatic carbocycles. The van der Waals surface area contributed by atoms with Gasteiger partial charge >= 0.3 is 0 Å². The lowest BCUT2D eigenvalue weighted by Crippen LogP contribution is -2.52. The van der Waals surface area contributed by atoms with E-state index in [1.165, 1.54) is 26.2 Å². The standard InChI is InChI=1S/C18H26N6O2/c1-22-7-9-23(10-8-22)15-3-5-24(6-4-15)18-20-17(26-21-18)14-11-16(25-2)13-19-12-14/h11-13,15H,3-10H2,1-2H3. The molecule has 4 rings (SSSR count). The first-order chi connectivity index (χ1) is 12.7. The predicted octanol–water partition coefficient (Wildman–Crippen LogP) is 1.36. The fourth-order valence-corrected chi connectivity index (χ4v) is 3.73. The number of methoxy groups -OCH3 is 1. The second-order valence-corrected chi connectivity index (χ2v) is 7.07. The summed E-state index contributed by atoms with van der Waals surface area (Å²) in [6.45, 7) is 6.62. The Morgan fingerprint density at radius 2 is 1.85 bits per heavy atom. The van der Waals surface area contributed by atoms with E-state index < -0.39 is 0 Å². The lowest BCUT2D eigenvalue weighted by molar-refractivity contribution is 0.0980. The maximum atomic E-state index is 5.44. The number of nitrogens with zero attached hydrogens (tertiary/aromatic N) is 6. The molecule has 8 heteroatoms. The zero-order valence-corrected chi connectivity index (χ0v) is 15.5. The van der Waals surface area contributed by atoms with Crippen molar-refractivity contribution >= 4 is 5.95 Å². The summed E-state index contributed by atoms with van der Waals surface area (Å²) in [4.78, 5) is 16.0. The summed E-state index contributed by atoms with van der Waals surface area (Å²) in [5.41, 5.74) is 0.774. The molecular formula is C18H26N6O2. The Morgan fingerprint density at radius 3 is 2.58 bits per heavy atom. The van der Waals surface area contributed by atoms with E-state index in [4.69, 9.17) is 9.26 Å². The lowest BCUT2D eigenvalue weighted by Gasteiger charge is -2.41. The highest BCUT2D eigenvalue weighted by atomic mass is 16.5. The van der Waals surface area contributed by atoms with E-state index in [0.29, 0.717) is 23.6 Å². The summed E-state index contributed by atoms with van der Waals surface area (Å²) in [5.74, 6) is 1.82. The van der Waals surface area contributed by atoms with Gasteiger partial charge in [0.2, 0.25) is 0 Å². The van der Waals surface area contributed by atoms with E-state index in [-0.39, 0.29) is 0 Å². The highest BCUT2D eigenvalue weighted by Gasteiger charge is 2.28. The molecular weight excluding hydrogens is 332 g/mol. The molecule has 0 bridgehead atoms. The number of aromatic nitrogens is 3. The van der Waals surface area contributed by atoms with Crippen LogP contribution in [0.4, 0.5) is 5.95 Å². The molecule has 2 aromatic rings. The quantitative estimate of drug-likeness (QED) is 0.811. The number of hydrogen-bond acceptors (Lipinski definition) is 8. The van der Waals surface area contributed by atoms with Crippen LogP contribution in [0, 0.1) is 0 Å². The van der Waals surface area contributed by atoms with Gasteiger partial charge < -0.3 is 19.1 Å². The first kappa shape index (κ1) is 17.2. The number of hydrogen-bond donors (Lipinski definition) is 0. The molecule has 2 saturated heterocycles. The van der Waals surface area contributed by atoms with Gasteiger partial charge in [0, 0.05) is 51.5 Å². The van der Waals surface area contributed by atoms with E-state index in [2.05, 4.69) is 36.9 Å². The SMILES string of the molecule is COc1cncc(-c2nc(N3CCC(N4CCN(C)CC4)CC3)no2)c1. The van der Waals surface area contributed by atoms with Crippen LogP contribution in [-0.4, -0.2) is 84.4 Å². The summed E-state index contributed by atoms with van der Waals surface area (Å²) < 4.78 is 10.6. The second kappa shape index (κ2) is 7.59. The van der Waals surface area contributed by atoms with Gasteiger partial charge in [0.25, 0.3) is 11.8 Å². The molecule has 0 N–H and O–H groups in total. The van der Waals surface area contributed by atoms with Gasteiger partial charge in [-0.05, 0) is 31.1 Å². The van der Waals surface area contributed by atoms with Crippen molar-refractivity contribution in [2.24, 2.45) is 0 Å². The van der Waals surface area contributed by atoms with Gasteiger partial charge in [-0.1, -0.05) is 0 Å². The highest BCUT2D eigenvalue weighted by Crippen LogP contribution is 2.25. The largest absolute Gasteiger partial charge is 0.495 e. The Morgan fingerprint density at radius 1 is 1.08 bits per heavy atom. The highest BCUT2D eigenvalue weighted by molar-refractivity contribution is 5.55. The first-order valence-electron chi connectivity index (χ1n) is 9.23. The van der Waals surface area contributed by atoms with Crippen LogP contribution < -0.4 is 9.64 Å². The van der Waals surface area contributed by atoms with Crippen LogP contribution in [-0.2, 0) is 0 Å². The van der Waals surface area contributed by atoms with Gasteiger partial charge in [-0.15, -0.1) is 0 Å². The number of piperazine rings is 1. The van der Waals surface area contributed by atoms with Crippen molar-refractivity contribution in [3.8, 4) is 17.2 Å². The average Bonchev–Trinajstić information content (AvgIpc) is 3.19. The average molecular weight is 358 g/mol. The van der Waals surface area contributed by atoms with E-state index in [1.54, 1.807) is 19.5 Å². The van der Waals surface area contributed by atoms with Crippen LogP contribution in [0.25, 0.3) is 11.5 Å². The van der Waals surface area contributed by atoms with Gasteiger partial charge in [-0.2, -0.15) is 4.98 Å². The number of likely N-dealkylation sites (N-methyl/N-ethyl adjacent to an activating group) is 1. The number of ether oxygens (including phenoxy) is 1. The van der Waals surface area contributed by atoms with Crippen molar-refractivity contribution < 1.29 is 9.26 Å². The predicted molar refractivity (Wildman–Crippen MR) is 98.4 cm³/mol. The van der Waals surface area contributed by atoms with Crippen molar-refractivity contribution in [2.45, 2.75) is 18.9 Å². The topological polar surface area (TPSA) is 70.8 Å². The number of pyridine rings is 1. The summed E-state index contributed by atoms with van der Waals surface area (Å²) in [7, 11) is 3.82. The molecule has 2 aliphatic rings. The molecule has 8 nitrogen and oxygen atoms in total. The van der Waals surface area contributed by atoms with Crippen LogP contribution in [0.1, 0.15) is 12.8 Å². The molecule has 2 aliphatic heterocycles. The Balaban J connectivity index is 1.37. The molecule has 0 saturated carbocycles. The smallest absolute Gasteiger partial charge is 0.266 e. The van der Waals surface area contributed by atoms with Crippen molar-refractivity contribution in [1.29, 1.82) is 0 Å². The first-order valence-corrected chi connectivity index (χ1v) is 9.23. The molecule has 26 heavy (non-hydrogen) atoms. The second-order valence-electron chi connectivity index (χ2n) is 7.07. The maximum absolute atomic E-state index is 5.44. The minimum Gasteiger partial charge on any atom is -0.495 e. The van der Waals surface area contributed by atoms with Crippen LogP contribution in [0.5, 0.6) is 5.75 Å². The summed E-state index contributed by atoms with van der Waals surface area (Å²) in [5, 5.41) is 4.17. The molecule has 4 heterocycles. The fraction of sp³-hybridized carbons (Fsp3) is 0.611. The third kappa shape index (κ3) is 3.66. The van der Waals surface area contributed by atoms with Gasteiger partial charge in [0.1, 0.15) is 5.75 Å². The number of anilines is 1. The van der Waals surface area contributed by atoms with Crippen molar-refractivity contribution in [1.82, 2.24) is 24.9 Å². The van der Waals surface area contributed by atoms with Crippen LogP contribution >= 0.6 is 0 Å². The molecule has 0 unspecified atom stereocenters. The zero-order chi connectivity index (χ0) is 17.9. The van der Waals surface area contributed by atoms with Crippen molar-refractivity contribution in [3.05, 3.63) is 18.5 Å². The Hall–Kier alpha value is -2.19. The van der Waals surface area contributed by atoms with Gasteiger partial charge in [-0.25, -0.2) is 0 Å². The zero-order valence-electron chi connectivity index (χ0n) is 15.5. The lowest BCUT2D eigenvalue weighted by atomic mass is 10.0. The number of piperidine rings is 1. The van der Waals surface area contributed by atoms with E-state index in [1.807, 2.05) is 6.07 Å². The summed E-state index contributed by atoms with van der Waals surface area (Å²) in [6.07, 6.45) is 5.66.